The summed E-state index contributed by atoms with van der Waals surface area (Å²) in [5.41, 5.74) is 0.236. The zero-order valence-electron chi connectivity index (χ0n) is 10.2. The number of benzene rings is 1. The predicted molar refractivity (Wildman–Crippen MR) is 65.2 cm³/mol. The first-order chi connectivity index (χ1) is 8.86. The molecule has 5 nitrogen and oxygen atoms in total. The van der Waals surface area contributed by atoms with Crippen molar-refractivity contribution in [1.82, 2.24) is 0 Å². The third kappa shape index (κ3) is 5.06. The van der Waals surface area contributed by atoms with Crippen LogP contribution >= 0.6 is 0 Å². The van der Waals surface area contributed by atoms with Gasteiger partial charge in [0.25, 0.3) is 0 Å². The largest absolute Gasteiger partial charge is 0.469 e. The first-order valence-corrected chi connectivity index (χ1v) is 7.15. The van der Waals surface area contributed by atoms with Crippen LogP contribution in [0.3, 0.4) is 0 Å². The lowest BCUT2D eigenvalue weighted by molar-refractivity contribution is -0.140. The molecule has 0 bridgehead atoms. The predicted octanol–water partition coefficient (Wildman–Crippen LogP) is 1.18. The van der Waals surface area contributed by atoms with E-state index in [1.54, 1.807) is 6.07 Å². The van der Waals surface area contributed by atoms with Gasteiger partial charge in [-0.2, -0.15) is 5.26 Å². The maximum atomic E-state index is 13.1. The van der Waals surface area contributed by atoms with Crippen LogP contribution in [0.4, 0.5) is 4.39 Å². The molecule has 0 spiro atoms. The first kappa shape index (κ1) is 15.1. The summed E-state index contributed by atoms with van der Waals surface area (Å²) in [4.78, 5) is 10.9. The number of methoxy groups -OCH3 is 1. The first-order valence-electron chi connectivity index (χ1n) is 5.33. The highest BCUT2D eigenvalue weighted by molar-refractivity contribution is 7.90. The standard InChI is InChI=1S/C12H12FNO4S/c1-18-12(15)2-3-19(16,17)8-10-4-9(7-14)5-11(13)6-10/h4-6H,2-3,8H2,1H3. The Bertz CT molecular complexity index is 619. The van der Waals surface area contributed by atoms with Crippen LogP contribution in [0, 0.1) is 17.1 Å². The van der Waals surface area contributed by atoms with Gasteiger partial charge in [-0.15, -0.1) is 0 Å². The summed E-state index contributed by atoms with van der Waals surface area (Å²) < 4.78 is 40.9. The summed E-state index contributed by atoms with van der Waals surface area (Å²) in [5.74, 6) is -2.09. The Balaban J connectivity index is 2.81. The maximum Gasteiger partial charge on any atom is 0.306 e. The van der Waals surface area contributed by atoms with Gasteiger partial charge in [0.15, 0.2) is 9.84 Å². The van der Waals surface area contributed by atoms with Crippen LogP contribution in [0.25, 0.3) is 0 Å². The number of hydrogen-bond donors (Lipinski definition) is 0. The van der Waals surface area contributed by atoms with Gasteiger partial charge in [-0.05, 0) is 23.8 Å². The summed E-state index contributed by atoms with van der Waals surface area (Å²) in [6.45, 7) is 0. The van der Waals surface area contributed by atoms with E-state index in [2.05, 4.69) is 4.74 Å². The molecule has 0 N–H and O–H groups in total. The van der Waals surface area contributed by atoms with E-state index in [0.29, 0.717) is 0 Å². The van der Waals surface area contributed by atoms with E-state index in [4.69, 9.17) is 5.26 Å². The minimum atomic E-state index is -3.56. The number of sulfone groups is 1. The average Bonchev–Trinajstić information content (AvgIpc) is 2.34. The zero-order chi connectivity index (χ0) is 14.5. The van der Waals surface area contributed by atoms with Gasteiger partial charge in [-0.25, -0.2) is 12.8 Å². The number of nitrogens with zero attached hydrogens (tertiary/aromatic N) is 1. The molecule has 0 radical (unpaired) electrons. The van der Waals surface area contributed by atoms with Gasteiger partial charge < -0.3 is 4.74 Å². The van der Waals surface area contributed by atoms with E-state index < -0.39 is 27.4 Å². The molecule has 1 aromatic carbocycles. The second-order valence-corrected chi connectivity index (χ2v) is 6.06. The van der Waals surface area contributed by atoms with Gasteiger partial charge in [0.05, 0.1) is 36.7 Å². The quantitative estimate of drug-likeness (QED) is 0.758. The summed E-state index contributed by atoms with van der Waals surface area (Å²) >= 11 is 0. The summed E-state index contributed by atoms with van der Waals surface area (Å²) in [6, 6.07) is 5.12. The van der Waals surface area contributed by atoms with Crippen LogP contribution in [0.1, 0.15) is 17.5 Å². The van der Waals surface area contributed by atoms with Crippen molar-refractivity contribution in [2.45, 2.75) is 12.2 Å². The molecule has 0 aliphatic carbocycles. The summed E-state index contributed by atoms with van der Waals surface area (Å²) in [7, 11) is -2.39. The molecule has 0 saturated heterocycles. The van der Waals surface area contributed by atoms with Crippen molar-refractivity contribution in [2.24, 2.45) is 0 Å². The second-order valence-electron chi connectivity index (χ2n) is 3.88. The minimum Gasteiger partial charge on any atom is -0.469 e. The van der Waals surface area contributed by atoms with Crippen molar-refractivity contribution in [3.05, 3.63) is 35.1 Å². The van der Waals surface area contributed by atoms with Crippen LogP contribution in [0.15, 0.2) is 18.2 Å². The molecule has 0 heterocycles. The molecule has 0 aliphatic heterocycles. The van der Waals surface area contributed by atoms with Gasteiger partial charge in [0.1, 0.15) is 5.82 Å². The molecule has 0 unspecified atom stereocenters. The number of halogens is 1. The monoisotopic (exact) mass is 285 g/mol. The highest BCUT2D eigenvalue weighted by atomic mass is 32.2. The molecular weight excluding hydrogens is 273 g/mol. The summed E-state index contributed by atoms with van der Waals surface area (Å²) in [5, 5.41) is 8.67. The number of ether oxygens (including phenoxy) is 1. The molecule has 0 aliphatic rings. The molecule has 0 amide bonds. The van der Waals surface area contributed by atoms with E-state index in [1.165, 1.54) is 13.2 Å². The molecule has 19 heavy (non-hydrogen) atoms. The fraction of sp³-hybridized carbons (Fsp3) is 0.333. The van der Waals surface area contributed by atoms with Crippen molar-refractivity contribution in [2.75, 3.05) is 12.9 Å². The van der Waals surface area contributed by atoms with Gasteiger partial charge in [0.2, 0.25) is 0 Å². The third-order valence-electron chi connectivity index (χ3n) is 2.32. The molecule has 0 aromatic heterocycles. The van der Waals surface area contributed by atoms with E-state index in [0.717, 1.165) is 12.1 Å². The molecule has 102 valence electrons. The Kier molecular flexibility index (Phi) is 5.01. The normalized spacial score (nSPS) is 10.8. The van der Waals surface area contributed by atoms with Crippen molar-refractivity contribution in [1.29, 1.82) is 5.26 Å². The maximum absolute atomic E-state index is 13.1. The Morgan fingerprint density at radius 1 is 1.42 bits per heavy atom. The van der Waals surface area contributed by atoms with Crippen LogP contribution in [0.2, 0.25) is 0 Å². The number of rotatable bonds is 5. The van der Waals surface area contributed by atoms with Crippen molar-refractivity contribution < 1.29 is 22.3 Å². The molecule has 1 aromatic rings. The molecule has 0 atom stereocenters. The number of carbonyl (C=O) groups is 1. The van der Waals surface area contributed by atoms with Crippen molar-refractivity contribution in [3.63, 3.8) is 0 Å². The Morgan fingerprint density at radius 2 is 2.11 bits per heavy atom. The highest BCUT2D eigenvalue weighted by Crippen LogP contribution is 2.13. The fourth-order valence-electron chi connectivity index (χ4n) is 1.47. The molecule has 7 heteroatoms. The van der Waals surface area contributed by atoms with Crippen LogP contribution in [0.5, 0.6) is 0 Å². The molecule has 0 fully saturated rings. The van der Waals surface area contributed by atoms with Gasteiger partial charge >= 0.3 is 5.97 Å². The number of esters is 1. The van der Waals surface area contributed by atoms with Crippen LogP contribution in [-0.4, -0.2) is 27.2 Å². The second kappa shape index (κ2) is 6.29. The lowest BCUT2D eigenvalue weighted by atomic mass is 10.1. The van der Waals surface area contributed by atoms with E-state index >= 15 is 0 Å². The smallest absolute Gasteiger partial charge is 0.306 e. The lowest BCUT2D eigenvalue weighted by Gasteiger charge is -2.05. The Morgan fingerprint density at radius 3 is 2.68 bits per heavy atom. The Hall–Kier alpha value is -1.94. The summed E-state index contributed by atoms with van der Waals surface area (Å²) in [6.07, 6.45) is -0.251. The van der Waals surface area contributed by atoms with Gasteiger partial charge in [-0.1, -0.05) is 0 Å². The van der Waals surface area contributed by atoms with Crippen LogP contribution < -0.4 is 0 Å². The van der Waals surface area contributed by atoms with Gasteiger partial charge in [-0.3, -0.25) is 4.79 Å². The van der Waals surface area contributed by atoms with E-state index in [9.17, 15) is 17.6 Å². The van der Waals surface area contributed by atoms with Crippen molar-refractivity contribution in [3.8, 4) is 6.07 Å². The number of carbonyl (C=O) groups excluding carboxylic acids is 1. The number of hydrogen-bond acceptors (Lipinski definition) is 5. The third-order valence-corrected chi connectivity index (χ3v) is 3.92. The van der Waals surface area contributed by atoms with Crippen molar-refractivity contribution >= 4 is 15.8 Å². The topological polar surface area (TPSA) is 84.2 Å². The van der Waals surface area contributed by atoms with E-state index in [1.807, 2.05) is 0 Å². The van der Waals surface area contributed by atoms with Gasteiger partial charge in [0, 0.05) is 0 Å². The van der Waals surface area contributed by atoms with E-state index in [-0.39, 0.29) is 23.3 Å². The average molecular weight is 285 g/mol. The zero-order valence-corrected chi connectivity index (χ0v) is 11.0. The SMILES string of the molecule is COC(=O)CCS(=O)(=O)Cc1cc(F)cc(C#N)c1. The minimum absolute atomic E-state index is 0.0539. The number of nitriles is 1. The Labute approximate surface area is 110 Å². The molecule has 0 saturated carbocycles. The van der Waals surface area contributed by atoms with Crippen LogP contribution in [-0.2, 0) is 25.1 Å². The lowest BCUT2D eigenvalue weighted by Crippen LogP contribution is -2.14. The fourth-order valence-corrected chi connectivity index (χ4v) is 2.76. The molecular formula is C12H12FNO4S. The molecule has 1 rings (SSSR count). The highest BCUT2D eigenvalue weighted by Gasteiger charge is 2.15.